The molecule has 40 heavy (non-hydrogen) atoms. The molecule has 4 rings (SSSR count). The number of esters is 1. The summed E-state index contributed by atoms with van der Waals surface area (Å²) in [5, 5.41) is 5.08. The molecule has 13 heteroatoms. The summed E-state index contributed by atoms with van der Waals surface area (Å²) in [4.78, 5) is 50.2. The Labute approximate surface area is 227 Å². The maximum atomic E-state index is 13.1. The molecule has 208 valence electrons. The number of nitrogens with one attached hydrogen (secondary N) is 2. The lowest BCUT2D eigenvalue weighted by molar-refractivity contribution is -0.123. The summed E-state index contributed by atoms with van der Waals surface area (Å²) >= 11 is 0. The number of amides is 4. The monoisotopic (exact) mass is 553 g/mol. The van der Waals surface area contributed by atoms with Gasteiger partial charge in [0.25, 0.3) is 11.8 Å². The van der Waals surface area contributed by atoms with Gasteiger partial charge < -0.3 is 34.0 Å². The van der Waals surface area contributed by atoms with Crippen LogP contribution in [0.1, 0.15) is 21.9 Å². The maximum absolute atomic E-state index is 13.1. The van der Waals surface area contributed by atoms with Gasteiger partial charge in [0.15, 0.2) is 18.1 Å². The highest BCUT2D eigenvalue weighted by Crippen LogP contribution is 2.39. The molecule has 3 aromatic rings. The van der Waals surface area contributed by atoms with E-state index in [4.69, 9.17) is 18.6 Å². The van der Waals surface area contributed by atoms with E-state index in [1.807, 2.05) is 0 Å². The van der Waals surface area contributed by atoms with Crippen molar-refractivity contribution < 1.29 is 46.9 Å². The van der Waals surface area contributed by atoms with Crippen LogP contribution >= 0.6 is 0 Å². The number of rotatable bonds is 10. The van der Waals surface area contributed by atoms with Crippen LogP contribution in [0, 0.1) is 5.82 Å². The van der Waals surface area contributed by atoms with Crippen LogP contribution in [0.3, 0.4) is 0 Å². The van der Waals surface area contributed by atoms with Crippen LogP contribution in [0.4, 0.5) is 14.9 Å². The second-order valence-electron chi connectivity index (χ2n) is 8.24. The SMILES string of the molecule is COC(=O)c1ccc(CN2C(=O)N/C(=C\c3cc(OC)c(OCC(=O)Nc4ccc(F)cc4)c(OC)c3)C2=O)o1. The summed E-state index contributed by atoms with van der Waals surface area (Å²) in [5.74, 6) is -1.59. The summed E-state index contributed by atoms with van der Waals surface area (Å²) in [5.41, 5.74) is 0.790. The Morgan fingerprint density at radius 3 is 2.33 bits per heavy atom. The molecule has 1 aliphatic rings. The fourth-order valence-corrected chi connectivity index (χ4v) is 3.70. The Balaban J connectivity index is 1.48. The molecule has 2 aromatic carbocycles. The first-order chi connectivity index (χ1) is 19.2. The zero-order valence-corrected chi connectivity index (χ0v) is 21.6. The standard InChI is InChI=1S/C27H24FN3O9/c1-36-21-11-15(12-22(37-2)24(21)39-14-23(32)29-17-6-4-16(28)5-7-17)10-19-25(33)31(27(35)30-19)13-18-8-9-20(40-18)26(34)38-3/h4-12H,13-14H2,1-3H3,(H,29,32)(H,30,35)/b19-10-. The van der Waals surface area contributed by atoms with Crippen molar-refractivity contribution in [3.8, 4) is 17.2 Å². The number of hydrogen-bond donors (Lipinski definition) is 2. The molecule has 0 unspecified atom stereocenters. The first kappa shape index (κ1) is 27.7. The molecule has 0 aliphatic carbocycles. The first-order valence-corrected chi connectivity index (χ1v) is 11.7. The Kier molecular flexibility index (Phi) is 8.33. The van der Waals surface area contributed by atoms with Crippen molar-refractivity contribution in [2.75, 3.05) is 33.3 Å². The largest absolute Gasteiger partial charge is 0.493 e. The van der Waals surface area contributed by atoms with Crippen LogP contribution in [0.15, 0.2) is 58.6 Å². The Morgan fingerprint density at radius 2 is 1.70 bits per heavy atom. The second-order valence-corrected chi connectivity index (χ2v) is 8.24. The number of nitrogens with zero attached hydrogens (tertiary/aromatic N) is 1. The lowest BCUT2D eigenvalue weighted by atomic mass is 10.1. The van der Waals surface area contributed by atoms with Crippen molar-refractivity contribution >= 4 is 35.6 Å². The average molecular weight is 553 g/mol. The Bertz CT molecular complexity index is 1460. The van der Waals surface area contributed by atoms with Crippen molar-refractivity contribution in [1.29, 1.82) is 0 Å². The van der Waals surface area contributed by atoms with E-state index in [1.54, 1.807) is 0 Å². The van der Waals surface area contributed by atoms with E-state index in [0.717, 1.165) is 4.90 Å². The third kappa shape index (κ3) is 6.20. The highest BCUT2D eigenvalue weighted by molar-refractivity contribution is 6.13. The van der Waals surface area contributed by atoms with Gasteiger partial charge in [0, 0.05) is 5.69 Å². The molecule has 1 aromatic heterocycles. The van der Waals surface area contributed by atoms with E-state index in [1.165, 1.54) is 75.9 Å². The fraction of sp³-hybridized carbons (Fsp3) is 0.185. The van der Waals surface area contributed by atoms with Crippen molar-refractivity contribution in [2.45, 2.75) is 6.54 Å². The Morgan fingerprint density at radius 1 is 1.02 bits per heavy atom. The highest BCUT2D eigenvalue weighted by atomic mass is 19.1. The number of anilines is 1. The zero-order valence-electron chi connectivity index (χ0n) is 21.6. The first-order valence-electron chi connectivity index (χ1n) is 11.7. The van der Waals surface area contributed by atoms with Crippen LogP contribution in [0.2, 0.25) is 0 Å². The third-order valence-electron chi connectivity index (χ3n) is 5.59. The molecular weight excluding hydrogens is 529 g/mol. The molecular formula is C27H24FN3O9. The lowest BCUT2D eigenvalue weighted by Crippen LogP contribution is -2.30. The van der Waals surface area contributed by atoms with Crippen molar-refractivity contribution in [3.63, 3.8) is 0 Å². The molecule has 2 heterocycles. The molecule has 2 N–H and O–H groups in total. The van der Waals surface area contributed by atoms with Gasteiger partial charge in [-0.15, -0.1) is 0 Å². The molecule has 1 aliphatic heterocycles. The van der Waals surface area contributed by atoms with Crippen LogP contribution in [0.25, 0.3) is 6.08 Å². The summed E-state index contributed by atoms with van der Waals surface area (Å²) in [6.45, 7) is -0.614. The Hall–Kier alpha value is -5.33. The minimum atomic E-state index is -0.687. The van der Waals surface area contributed by atoms with E-state index in [2.05, 4.69) is 15.4 Å². The number of carbonyl (C=O) groups is 4. The van der Waals surface area contributed by atoms with E-state index in [9.17, 15) is 23.6 Å². The normalized spacial score (nSPS) is 13.7. The minimum absolute atomic E-state index is 0.0267. The summed E-state index contributed by atoms with van der Waals surface area (Å²) < 4.78 is 39.4. The molecule has 0 saturated carbocycles. The van der Waals surface area contributed by atoms with Crippen LogP contribution in [-0.4, -0.2) is 56.7 Å². The topological polar surface area (TPSA) is 146 Å². The van der Waals surface area contributed by atoms with Crippen LogP contribution in [0.5, 0.6) is 17.2 Å². The summed E-state index contributed by atoms with van der Waals surface area (Å²) in [7, 11) is 3.97. The van der Waals surface area contributed by atoms with E-state index in [0.29, 0.717) is 11.3 Å². The quantitative estimate of drug-likeness (QED) is 0.219. The molecule has 1 saturated heterocycles. The predicted molar refractivity (Wildman–Crippen MR) is 137 cm³/mol. The highest BCUT2D eigenvalue weighted by Gasteiger charge is 2.34. The van der Waals surface area contributed by atoms with Gasteiger partial charge in [-0.05, 0) is 60.2 Å². The van der Waals surface area contributed by atoms with E-state index in [-0.39, 0.29) is 41.0 Å². The summed E-state index contributed by atoms with van der Waals surface area (Å²) in [6.07, 6.45) is 1.41. The van der Waals surface area contributed by atoms with Gasteiger partial charge in [-0.3, -0.25) is 14.5 Å². The number of benzene rings is 2. The van der Waals surface area contributed by atoms with Gasteiger partial charge in [-0.2, -0.15) is 0 Å². The third-order valence-corrected chi connectivity index (χ3v) is 5.59. The van der Waals surface area contributed by atoms with E-state index >= 15 is 0 Å². The molecule has 0 bridgehead atoms. The number of ether oxygens (including phenoxy) is 4. The smallest absolute Gasteiger partial charge is 0.373 e. The van der Waals surface area contributed by atoms with Crippen molar-refractivity contribution in [2.24, 2.45) is 0 Å². The number of methoxy groups -OCH3 is 3. The number of urea groups is 1. The van der Waals surface area contributed by atoms with Gasteiger partial charge in [-0.25, -0.2) is 14.0 Å². The fourth-order valence-electron chi connectivity index (χ4n) is 3.70. The molecule has 12 nitrogen and oxygen atoms in total. The molecule has 0 radical (unpaired) electrons. The van der Waals surface area contributed by atoms with Gasteiger partial charge in [0.1, 0.15) is 17.3 Å². The van der Waals surface area contributed by atoms with Crippen LogP contribution in [-0.2, 0) is 20.9 Å². The predicted octanol–water partition coefficient (Wildman–Crippen LogP) is 3.33. The zero-order chi connectivity index (χ0) is 28.8. The minimum Gasteiger partial charge on any atom is -0.493 e. The summed E-state index contributed by atoms with van der Waals surface area (Å²) in [6, 6.07) is 10.5. The number of furan rings is 1. The van der Waals surface area contributed by atoms with Gasteiger partial charge in [-0.1, -0.05) is 0 Å². The van der Waals surface area contributed by atoms with Gasteiger partial charge in [0.05, 0.1) is 27.9 Å². The second kappa shape index (κ2) is 12.0. The maximum Gasteiger partial charge on any atom is 0.373 e. The van der Waals surface area contributed by atoms with Gasteiger partial charge >= 0.3 is 12.0 Å². The number of imide groups is 1. The molecule has 4 amide bonds. The molecule has 1 fully saturated rings. The van der Waals surface area contributed by atoms with Crippen molar-refractivity contribution in [3.05, 3.63) is 77.1 Å². The average Bonchev–Trinajstić information content (AvgIpc) is 3.52. The lowest BCUT2D eigenvalue weighted by Gasteiger charge is -2.15. The van der Waals surface area contributed by atoms with Crippen LogP contribution < -0.4 is 24.8 Å². The number of halogens is 1. The molecule has 0 spiro atoms. The van der Waals surface area contributed by atoms with Crippen molar-refractivity contribution in [1.82, 2.24) is 10.2 Å². The number of hydrogen-bond acceptors (Lipinski definition) is 9. The number of carbonyl (C=O) groups excluding carboxylic acids is 4. The molecule has 0 atom stereocenters. The van der Waals surface area contributed by atoms with Gasteiger partial charge in [0.2, 0.25) is 11.5 Å². The van der Waals surface area contributed by atoms with E-state index < -0.39 is 36.2 Å².